The standard InChI is InChI=1S/C12H14ClN3O/c13-8-6-10-9(11(14)7-8)2-4-16-12(10)15-3-1-5-17/h2,4,6-7,17H,1,3,5,14H2,(H,15,16). The molecule has 90 valence electrons. The van der Waals surface area contributed by atoms with E-state index in [4.69, 9.17) is 22.4 Å². The van der Waals surface area contributed by atoms with Crippen molar-refractivity contribution in [2.24, 2.45) is 0 Å². The molecule has 2 aromatic rings. The number of aliphatic hydroxyl groups excluding tert-OH is 1. The third kappa shape index (κ3) is 2.60. The maximum absolute atomic E-state index is 8.74. The number of rotatable bonds is 4. The molecule has 0 atom stereocenters. The third-order valence-electron chi connectivity index (χ3n) is 2.50. The summed E-state index contributed by atoms with van der Waals surface area (Å²) >= 11 is 5.98. The monoisotopic (exact) mass is 251 g/mol. The summed E-state index contributed by atoms with van der Waals surface area (Å²) < 4.78 is 0. The van der Waals surface area contributed by atoms with Crippen LogP contribution in [-0.2, 0) is 0 Å². The minimum Gasteiger partial charge on any atom is -0.398 e. The minimum atomic E-state index is 0.153. The highest BCUT2D eigenvalue weighted by atomic mass is 35.5. The van der Waals surface area contributed by atoms with Crippen molar-refractivity contribution in [1.29, 1.82) is 0 Å². The fraction of sp³-hybridized carbons (Fsp3) is 0.250. The number of nitrogen functional groups attached to an aromatic ring is 1. The van der Waals surface area contributed by atoms with Gasteiger partial charge in [-0.15, -0.1) is 0 Å². The summed E-state index contributed by atoms with van der Waals surface area (Å²) in [5, 5.41) is 14.3. The zero-order valence-corrected chi connectivity index (χ0v) is 10.0. The average molecular weight is 252 g/mol. The molecule has 0 saturated heterocycles. The van der Waals surface area contributed by atoms with Crippen molar-refractivity contribution in [3.05, 3.63) is 29.4 Å². The highest BCUT2D eigenvalue weighted by Crippen LogP contribution is 2.29. The molecule has 0 saturated carbocycles. The second-order valence-corrected chi connectivity index (χ2v) is 4.19. The van der Waals surface area contributed by atoms with E-state index in [0.29, 0.717) is 23.7 Å². The van der Waals surface area contributed by atoms with E-state index < -0.39 is 0 Å². The average Bonchev–Trinajstić information content (AvgIpc) is 2.30. The number of nitrogens with zero attached hydrogens (tertiary/aromatic N) is 1. The van der Waals surface area contributed by atoms with Gasteiger partial charge in [0.2, 0.25) is 0 Å². The quantitative estimate of drug-likeness (QED) is 0.576. The number of hydrogen-bond acceptors (Lipinski definition) is 4. The lowest BCUT2D eigenvalue weighted by atomic mass is 10.1. The fourth-order valence-electron chi connectivity index (χ4n) is 1.70. The van der Waals surface area contributed by atoms with Gasteiger partial charge in [0.25, 0.3) is 0 Å². The van der Waals surface area contributed by atoms with Crippen LogP contribution in [0.1, 0.15) is 6.42 Å². The largest absolute Gasteiger partial charge is 0.398 e. The van der Waals surface area contributed by atoms with Crippen LogP contribution in [0.4, 0.5) is 11.5 Å². The van der Waals surface area contributed by atoms with E-state index in [2.05, 4.69) is 10.3 Å². The third-order valence-corrected chi connectivity index (χ3v) is 2.72. The van der Waals surface area contributed by atoms with Gasteiger partial charge in [-0.25, -0.2) is 4.98 Å². The molecule has 0 radical (unpaired) electrons. The van der Waals surface area contributed by atoms with Gasteiger partial charge >= 0.3 is 0 Å². The van der Waals surface area contributed by atoms with Gasteiger partial charge in [-0.1, -0.05) is 11.6 Å². The van der Waals surface area contributed by atoms with Crippen LogP contribution in [0, 0.1) is 0 Å². The first-order valence-electron chi connectivity index (χ1n) is 5.41. The fourth-order valence-corrected chi connectivity index (χ4v) is 1.93. The molecular weight excluding hydrogens is 238 g/mol. The number of benzene rings is 1. The Morgan fingerprint density at radius 3 is 2.94 bits per heavy atom. The molecular formula is C12H14ClN3O. The van der Waals surface area contributed by atoms with E-state index in [1.807, 2.05) is 12.1 Å². The first-order valence-corrected chi connectivity index (χ1v) is 5.78. The molecule has 0 aliphatic heterocycles. The van der Waals surface area contributed by atoms with Gasteiger partial charge in [0.1, 0.15) is 5.82 Å². The molecule has 1 aromatic heterocycles. The number of aliphatic hydroxyl groups is 1. The molecule has 1 heterocycles. The zero-order chi connectivity index (χ0) is 12.3. The molecule has 0 spiro atoms. The van der Waals surface area contributed by atoms with Gasteiger partial charge in [0.15, 0.2) is 0 Å². The van der Waals surface area contributed by atoms with Crippen molar-refractivity contribution in [2.45, 2.75) is 6.42 Å². The van der Waals surface area contributed by atoms with Crippen molar-refractivity contribution in [3.63, 3.8) is 0 Å². The topological polar surface area (TPSA) is 71.2 Å². The van der Waals surface area contributed by atoms with Crippen LogP contribution in [0.3, 0.4) is 0 Å². The number of aromatic nitrogens is 1. The van der Waals surface area contributed by atoms with E-state index in [1.54, 1.807) is 12.3 Å². The molecule has 1 aromatic carbocycles. The van der Waals surface area contributed by atoms with E-state index in [9.17, 15) is 0 Å². The Morgan fingerprint density at radius 1 is 1.35 bits per heavy atom. The van der Waals surface area contributed by atoms with E-state index in [0.717, 1.165) is 16.6 Å². The van der Waals surface area contributed by atoms with Gasteiger partial charge in [0, 0.05) is 40.8 Å². The van der Waals surface area contributed by atoms with Crippen molar-refractivity contribution in [2.75, 3.05) is 24.2 Å². The number of anilines is 2. The predicted octanol–water partition coefficient (Wildman–Crippen LogP) is 2.26. The Bertz CT molecular complexity index is 530. The maximum Gasteiger partial charge on any atom is 0.133 e. The number of fused-ring (bicyclic) bond motifs is 1. The lowest BCUT2D eigenvalue weighted by Gasteiger charge is -2.09. The number of nitrogens with one attached hydrogen (secondary N) is 1. The minimum absolute atomic E-state index is 0.153. The smallest absolute Gasteiger partial charge is 0.133 e. The molecule has 0 amide bonds. The van der Waals surface area contributed by atoms with Crippen molar-refractivity contribution >= 4 is 33.9 Å². The molecule has 4 N–H and O–H groups in total. The summed E-state index contributed by atoms with van der Waals surface area (Å²) in [6.07, 6.45) is 2.38. The number of nitrogens with two attached hydrogens (primary N) is 1. The van der Waals surface area contributed by atoms with Gasteiger partial charge in [-0.2, -0.15) is 0 Å². The first-order chi connectivity index (χ1) is 8.22. The Morgan fingerprint density at radius 2 is 2.18 bits per heavy atom. The lowest BCUT2D eigenvalue weighted by Crippen LogP contribution is -2.05. The van der Waals surface area contributed by atoms with E-state index >= 15 is 0 Å². The Labute approximate surface area is 104 Å². The molecule has 0 fully saturated rings. The van der Waals surface area contributed by atoms with Crippen LogP contribution in [0.25, 0.3) is 10.8 Å². The van der Waals surface area contributed by atoms with Gasteiger partial charge < -0.3 is 16.2 Å². The van der Waals surface area contributed by atoms with Crippen LogP contribution in [0.2, 0.25) is 5.02 Å². The van der Waals surface area contributed by atoms with E-state index in [-0.39, 0.29) is 6.61 Å². The summed E-state index contributed by atoms with van der Waals surface area (Å²) in [5.41, 5.74) is 6.54. The van der Waals surface area contributed by atoms with Crippen molar-refractivity contribution in [3.8, 4) is 0 Å². The highest BCUT2D eigenvalue weighted by molar-refractivity contribution is 6.32. The summed E-state index contributed by atoms with van der Waals surface area (Å²) in [4.78, 5) is 4.25. The second kappa shape index (κ2) is 5.21. The molecule has 5 heteroatoms. The molecule has 0 unspecified atom stereocenters. The van der Waals surface area contributed by atoms with Crippen LogP contribution in [-0.4, -0.2) is 23.2 Å². The summed E-state index contributed by atoms with van der Waals surface area (Å²) in [7, 11) is 0. The molecule has 4 nitrogen and oxygen atoms in total. The second-order valence-electron chi connectivity index (χ2n) is 3.75. The Kier molecular flexibility index (Phi) is 3.66. The summed E-state index contributed by atoms with van der Waals surface area (Å²) in [6, 6.07) is 5.42. The SMILES string of the molecule is Nc1cc(Cl)cc2c(NCCCO)nccc12. The molecule has 0 aliphatic rings. The number of hydrogen-bond donors (Lipinski definition) is 3. The number of halogens is 1. The van der Waals surface area contributed by atoms with Crippen LogP contribution >= 0.6 is 11.6 Å². The lowest BCUT2D eigenvalue weighted by molar-refractivity contribution is 0.292. The van der Waals surface area contributed by atoms with Crippen molar-refractivity contribution < 1.29 is 5.11 Å². The summed E-state index contributed by atoms with van der Waals surface area (Å²) in [6.45, 7) is 0.815. The normalized spacial score (nSPS) is 10.7. The first kappa shape index (κ1) is 12.0. The Balaban J connectivity index is 2.42. The van der Waals surface area contributed by atoms with Crippen LogP contribution < -0.4 is 11.1 Å². The molecule has 2 rings (SSSR count). The summed E-state index contributed by atoms with van der Waals surface area (Å²) in [5.74, 6) is 0.741. The van der Waals surface area contributed by atoms with Crippen LogP contribution in [0.15, 0.2) is 24.4 Å². The van der Waals surface area contributed by atoms with Crippen molar-refractivity contribution in [1.82, 2.24) is 4.98 Å². The molecule has 17 heavy (non-hydrogen) atoms. The highest BCUT2D eigenvalue weighted by Gasteiger charge is 2.05. The molecule has 0 aliphatic carbocycles. The maximum atomic E-state index is 8.74. The zero-order valence-electron chi connectivity index (χ0n) is 9.28. The predicted molar refractivity (Wildman–Crippen MR) is 71.4 cm³/mol. The van der Waals surface area contributed by atoms with Gasteiger partial charge in [-0.05, 0) is 24.6 Å². The van der Waals surface area contributed by atoms with Crippen LogP contribution in [0.5, 0.6) is 0 Å². The van der Waals surface area contributed by atoms with Gasteiger partial charge in [-0.3, -0.25) is 0 Å². The van der Waals surface area contributed by atoms with Gasteiger partial charge in [0.05, 0.1) is 0 Å². The molecule has 0 bridgehead atoms. The Hall–Kier alpha value is -1.52. The number of pyridine rings is 1. The van der Waals surface area contributed by atoms with E-state index in [1.165, 1.54) is 0 Å².